The standard InChI is InChI=1S/C12H15FO3/c1-8(14)11-3-2-9(6-12(11)13)16-10-4-5-15-7-10/h2-3,6,8,10,14H,4-5,7H2,1H3/t8-,10?/m0/s1. The lowest BCUT2D eigenvalue weighted by Crippen LogP contribution is -2.15. The normalized spacial score (nSPS) is 22.1. The highest BCUT2D eigenvalue weighted by Crippen LogP contribution is 2.23. The van der Waals surface area contributed by atoms with Crippen LogP contribution in [0.2, 0.25) is 0 Å². The Balaban J connectivity index is 2.08. The molecule has 88 valence electrons. The third-order valence-corrected chi connectivity index (χ3v) is 2.61. The second kappa shape index (κ2) is 4.80. The van der Waals surface area contributed by atoms with Crippen LogP contribution in [0.5, 0.6) is 5.75 Å². The number of aliphatic hydroxyl groups excluding tert-OH is 1. The van der Waals surface area contributed by atoms with Gasteiger partial charge in [-0.2, -0.15) is 0 Å². The minimum Gasteiger partial charge on any atom is -0.488 e. The summed E-state index contributed by atoms with van der Waals surface area (Å²) in [5, 5.41) is 9.28. The highest BCUT2D eigenvalue weighted by Gasteiger charge is 2.18. The Kier molecular flexibility index (Phi) is 3.41. The first kappa shape index (κ1) is 11.4. The van der Waals surface area contributed by atoms with E-state index in [0.29, 0.717) is 19.0 Å². The summed E-state index contributed by atoms with van der Waals surface area (Å²) in [6, 6.07) is 4.52. The smallest absolute Gasteiger partial charge is 0.132 e. The zero-order chi connectivity index (χ0) is 11.5. The van der Waals surface area contributed by atoms with Crippen molar-refractivity contribution in [3.05, 3.63) is 29.6 Å². The summed E-state index contributed by atoms with van der Waals surface area (Å²) < 4.78 is 24.2. The van der Waals surface area contributed by atoms with Gasteiger partial charge in [0.25, 0.3) is 0 Å². The molecule has 3 nitrogen and oxygen atoms in total. The third-order valence-electron chi connectivity index (χ3n) is 2.61. The van der Waals surface area contributed by atoms with Crippen molar-refractivity contribution in [3.8, 4) is 5.75 Å². The van der Waals surface area contributed by atoms with Gasteiger partial charge in [-0.05, 0) is 19.1 Å². The Labute approximate surface area is 93.8 Å². The average Bonchev–Trinajstić information content (AvgIpc) is 2.70. The molecule has 1 saturated heterocycles. The molecule has 0 saturated carbocycles. The van der Waals surface area contributed by atoms with Crippen LogP contribution in [0.15, 0.2) is 18.2 Å². The van der Waals surface area contributed by atoms with Gasteiger partial charge in [-0.25, -0.2) is 4.39 Å². The van der Waals surface area contributed by atoms with Gasteiger partial charge in [-0.1, -0.05) is 0 Å². The van der Waals surface area contributed by atoms with Crippen LogP contribution < -0.4 is 4.74 Å². The summed E-state index contributed by atoms with van der Waals surface area (Å²) in [4.78, 5) is 0. The molecule has 0 radical (unpaired) electrons. The Bertz CT molecular complexity index is 359. The molecule has 1 aromatic rings. The van der Waals surface area contributed by atoms with Gasteiger partial charge in [-0.3, -0.25) is 0 Å². The van der Waals surface area contributed by atoms with Crippen LogP contribution in [-0.2, 0) is 4.74 Å². The fourth-order valence-electron chi connectivity index (χ4n) is 1.72. The number of halogens is 1. The molecule has 0 aliphatic carbocycles. The SMILES string of the molecule is C[C@H](O)c1ccc(OC2CCOC2)cc1F. The summed E-state index contributed by atoms with van der Waals surface area (Å²) in [5.74, 6) is 0.0452. The number of rotatable bonds is 3. The molecule has 0 spiro atoms. The molecule has 4 heteroatoms. The fourth-order valence-corrected chi connectivity index (χ4v) is 1.72. The quantitative estimate of drug-likeness (QED) is 0.857. The minimum atomic E-state index is -0.802. The Hall–Kier alpha value is -1.13. The molecule has 1 aliphatic rings. The van der Waals surface area contributed by atoms with E-state index in [0.717, 1.165) is 6.42 Å². The van der Waals surface area contributed by atoms with E-state index in [9.17, 15) is 9.50 Å². The predicted octanol–water partition coefficient (Wildman–Crippen LogP) is 2.05. The summed E-state index contributed by atoms with van der Waals surface area (Å²) in [7, 11) is 0. The highest BCUT2D eigenvalue weighted by molar-refractivity contribution is 5.30. The van der Waals surface area contributed by atoms with Gasteiger partial charge in [0, 0.05) is 18.1 Å². The first-order valence-corrected chi connectivity index (χ1v) is 5.38. The average molecular weight is 226 g/mol. The van der Waals surface area contributed by atoms with Crippen molar-refractivity contribution in [2.24, 2.45) is 0 Å². The Morgan fingerprint density at radius 3 is 2.94 bits per heavy atom. The molecule has 1 heterocycles. The summed E-state index contributed by atoms with van der Waals surface area (Å²) >= 11 is 0. The molecule has 0 amide bonds. The van der Waals surface area contributed by atoms with Gasteiger partial charge in [0.2, 0.25) is 0 Å². The lowest BCUT2D eigenvalue weighted by atomic mass is 10.1. The van der Waals surface area contributed by atoms with Crippen LogP contribution in [0, 0.1) is 5.82 Å². The van der Waals surface area contributed by atoms with Crippen LogP contribution in [-0.4, -0.2) is 24.4 Å². The van der Waals surface area contributed by atoms with Crippen molar-refractivity contribution >= 4 is 0 Å². The van der Waals surface area contributed by atoms with Crippen molar-refractivity contribution in [3.63, 3.8) is 0 Å². The van der Waals surface area contributed by atoms with Gasteiger partial charge in [0.1, 0.15) is 17.7 Å². The molecule has 1 aromatic carbocycles. The highest BCUT2D eigenvalue weighted by atomic mass is 19.1. The van der Waals surface area contributed by atoms with E-state index in [2.05, 4.69) is 0 Å². The van der Waals surface area contributed by atoms with E-state index in [1.54, 1.807) is 12.1 Å². The zero-order valence-corrected chi connectivity index (χ0v) is 9.15. The van der Waals surface area contributed by atoms with Crippen LogP contribution in [0.3, 0.4) is 0 Å². The van der Waals surface area contributed by atoms with Crippen molar-refractivity contribution in [1.82, 2.24) is 0 Å². The van der Waals surface area contributed by atoms with Crippen LogP contribution in [0.25, 0.3) is 0 Å². The van der Waals surface area contributed by atoms with Crippen LogP contribution in [0.1, 0.15) is 25.0 Å². The van der Waals surface area contributed by atoms with E-state index in [-0.39, 0.29) is 11.7 Å². The molecule has 0 aromatic heterocycles. The summed E-state index contributed by atoms with van der Waals surface area (Å²) in [6.45, 7) is 2.78. The van der Waals surface area contributed by atoms with Crippen molar-refractivity contribution in [2.45, 2.75) is 25.6 Å². The topological polar surface area (TPSA) is 38.7 Å². The van der Waals surface area contributed by atoms with Crippen molar-refractivity contribution in [2.75, 3.05) is 13.2 Å². The maximum Gasteiger partial charge on any atom is 0.132 e. The molecule has 1 fully saturated rings. The molecule has 1 aliphatic heterocycles. The first-order chi connectivity index (χ1) is 7.66. The largest absolute Gasteiger partial charge is 0.488 e. The second-order valence-corrected chi connectivity index (χ2v) is 3.96. The first-order valence-electron chi connectivity index (χ1n) is 5.38. The Morgan fingerprint density at radius 2 is 2.38 bits per heavy atom. The van der Waals surface area contributed by atoms with Crippen molar-refractivity contribution < 1.29 is 19.0 Å². The zero-order valence-electron chi connectivity index (χ0n) is 9.15. The minimum absolute atomic E-state index is 0.0109. The number of aliphatic hydroxyl groups is 1. The van der Waals surface area contributed by atoms with Gasteiger partial charge in [-0.15, -0.1) is 0 Å². The van der Waals surface area contributed by atoms with E-state index < -0.39 is 11.9 Å². The van der Waals surface area contributed by atoms with Gasteiger partial charge in [0.05, 0.1) is 19.3 Å². The molecule has 0 bridgehead atoms. The second-order valence-electron chi connectivity index (χ2n) is 3.96. The Morgan fingerprint density at radius 1 is 1.56 bits per heavy atom. The van der Waals surface area contributed by atoms with Crippen LogP contribution in [0.4, 0.5) is 4.39 Å². The van der Waals surface area contributed by atoms with Gasteiger partial charge >= 0.3 is 0 Å². The number of hydrogen-bond acceptors (Lipinski definition) is 3. The molecule has 2 atom stereocenters. The van der Waals surface area contributed by atoms with Crippen LogP contribution >= 0.6 is 0 Å². The van der Waals surface area contributed by atoms with Gasteiger partial charge < -0.3 is 14.6 Å². The maximum atomic E-state index is 13.5. The van der Waals surface area contributed by atoms with Gasteiger partial charge in [0.15, 0.2) is 0 Å². The lowest BCUT2D eigenvalue weighted by Gasteiger charge is -2.13. The molecule has 1 N–H and O–H groups in total. The third kappa shape index (κ3) is 2.51. The molecule has 1 unspecified atom stereocenters. The molecular formula is C12H15FO3. The number of hydrogen-bond donors (Lipinski definition) is 1. The monoisotopic (exact) mass is 226 g/mol. The van der Waals surface area contributed by atoms with E-state index >= 15 is 0 Å². The number of benzene rings is 1. The predicted molar refractivity (Wildman–Crippen MR) is 56.9 cm³/mol. The maximum absolute atomic E-state index is 13.5. The van der Waals surface area contributed by atoms with E-state index in [1.165, 1.54) is 13.0 Å². The summed E-state index contributed by atoms with van der Waals surface area (Å²) in [5.41, 5.74) is 0.287. The molecule has 2 rings (SSSR count). The summed E-state index contributed by atoms with van der Waals surface area (Å²) in [6.07, 6.45) is 0.0421. The lowest BCUT2D eigenvalue weighted by molar-refractivity contribution is 0.141. The van der Waals surface area contributed by atoms with E-state index in [1.807, 2.05) is 0 Å². The van der Waals surface area contributed by atoms with E-state index in [4.69, 9.17) is 9.47 Å². The fraction of sp³-hybridized carbons (Fsp3) is 0.500. The molecular weight excluding hydrogens is 211 g/mol. The number of ether oxygens (including phenoxy) is 2. The van der Waals surface area contributed by atoms with Crippen molar-refractivity contribution in [1.29, 1.82) is 0 Å². The molecule has 16 heavy (non-hydrogen) atoms.